The number of nitrogens with two attached hydrogens (primary N) is 1. The highest BCUT2D eigenvalue weighted by Crippen LogP contribution is 2.45. The third-order valence-electron chi connectivity index (χ3n) is 4.76. The third-order valence-corrected chi connectivity index (χ3v) is 5.98. The first-order valence-corrected chi connectivity index (χ1v) is 11.9. The van der Waals surface area contributed by atoms with Crippen LogP contribution in [0.1, 0.15) is 57.1 Å². The molecule has 1 atom stereocenters. The van der Waals surface area contributed by atoms with Crippen molar-refractivity contribution in [3.05, 3.63) is 58.6 Å². The van der Waals surface area contributed by atoms with E-state index in [1.165, 1.54) is 12.1 Å². The molecule has 31 heavy (non-hydrogen) atoms. The van der Waals surface area contributed by atoms with Crippen molar-refractivity contribution in [2.45, 2.75) is 63.4 Å². The SMILES string of the molecule is CC(C)(C)OC(=O)CC(c1ccc(Cl)c(N)c1)C1CC1.Cc1ccc(S(=O)(=O)O)cc1. The molecule has 2 aromatic carbocycles. The topological polar surface area (TPSA) is 107 Å². The quantitative estimate of drug-likeness (QED) is 0.347. The second kappa shape index (κ2) is 10.0. The summed E-state index contributed by atoms with van der Waals surface area (Å²) in [5, 5.41) is 0.556. The molecule has 0 bridgehead atoms. The number of esters is 1. The normalized spacial score (nSPS) is 14.9. The van der Waals surface area contributed by atoms with Crippen molar-refractivity contribution in [3.63, 3.8) is 0 Å². The fourth-order valence-corrected chi connectivity index (χ4v) is 3.72. The van der Waals surface area contributed by atoms with E-state index < -0.39 is 15.7 Å². The van der Waals surface area contributed by atoms with E-state index in [2.05, 4.69) is 0 Å². The zero-order valence-corrected chi connectivity index (χ0v) is 19.8. The summed E-state index contributed by atoms with van der Waals surface area (Å²) >= 11 is 5.96. The minimum atomic E-state index is -4.02. The highest BCUT2D eigenvalue weighted by atomic mass is 35.5. The summed E-state index contributed by atoms with van der Waals surface area (Å²) in [6, 6.07) is 11.6. The van der Waals surface area contributed by atoms with Gasteiger partial charge in [-0.15, -0.1) is 0 Å². The molecule has 0 aliphatic heterocycles. The minimum Gasteiger partial charge on any atom is -0.460 e. The number of halogens is 1. The molecule has 3 N–H and O–H groups in total. The van der Waals surface area contributed by atoms with E-state index in [4.69, 9.17) is 26.6 Å². The molecule has 1 saturated carbocycles. The van der Waals surface area contributed by atoms with Crippen LogP contribution in [0.4, 0.5) is 5.69 Å². The van der Waals surface area contributed by atoms with Crippen molar-refractivity contribution in [2.24, 2.45) is 5.92 Å². The first-order valence-electron chi connectivity index (χ1n) is 10.1. The summed E-state index contributed by atoms with van der Waals surface area (Å²) < 4.78 is 35.0. The van der Waals surface area contributed by atoms with Gasteiger partial charge in [0.2, 0.25) is 0 Å². The third kappa shape index (κ3) is 8.51. The number of nitrogen functional groups attached to an aromatic ring is 1. The van der Waals surface area contributed by atoms with Crippen molar-refractivity contribution in [1.82, 2.24) is 0 Å². The van der Waals surface area contributed by atoms with Gasteiger partial charge in [-0.3, -0.25) is 9.35 Å². The number of ether oxygens (including phenoxy) is 1. The molecule has 0 saturated heterocycles. The van der Waals surface area contributed by atoms with Gasteiger partial charge >= 0.3 is 5.97 Å². The van der Waals surface area contributed by atoms with Crippen LogP contribution in [0, 0.1) is 12.8 Å². The van der Waals surface area contributed by atoms with Crippen LogP contribution in [0.5, 0.6) is 0 Å². The number of aryl methyl sites for hydroxylation is 1. The number of rotatable bonds is 5. The zero-order chi connectivity index (χ0) is 23.4. The van der Waals surface area contributed by atoms with Gasteiger partial charge in [0, 0.05) is 0 Å². The number of carbonyl (C=O) groups excluding carboxylic acids is 1. The first-order chi connectivity index (χ1) is 14.3. The van der Waals surface area contributed by atoms with Crippen LogP contribution in [-0.4, -0.2) is 24.5 Å². The van der Waals surface area contributed by atoms with Crippen LogP contribution >= 0.6 is 11.6 Å². The van der Waals surface area contributed by atoms with Crippen molar-refractivity contribution in [3.8, 4) is 0 Å². The van der Waals surface area contributed by atoms with Crippen LogP contribution in [-0.2, 0) is 19.6 Å². The minimum absolute atomic E-state index is 0.0666. The van der Waals surface area contributed by atoms with E-state index >= 15 is 0 Å². The summed E-state index contributed by atoms with van der Waals surface area (Å²) in [6.45, 7) is 7.50. The van der Waals surface area contributed by atoms with Crippen molar-refractivity contribution in [1.29, 1.82) is 0 Å². The molecule has 6 nitrogen and oxygen atoms in total. The summed E-state index contributed by atoms with van der Waals surface area (Å²) in [7, 11) is -4.02. The summed E-state index contributed by atoms with van der Waals surface area (Å²) in [6.07, 6.45) is 2.73. The van der Waals surface area contributed by atoms with Crippen LogP contribution in [0.3, 0.4) is 0 Å². The molecule has 0 heterocycles. The van der Waals surface area contributed by atoms with Gasteiger partial charge in [-0.2, -0.15) is 8.42 Å². The van der Waals surface area contributed by atoms with E-state index in [0.29, 0.717) is 23.0 Å². The molecule has 0 radical (unpaired) electrons. The predicted octanol–water partition coefficient (Wildman–Crippen LogP) is 5.39. The lowest BCUT2D eigenvalue weighted by atomic mass is 9.90. The van der Waals surface area contributed by atoms with Crippen LogP contribution < -0.4 is 5.73 Å². The Morgan fingerprint density at radius 2 is 1.77 bits per heavy atom. The second-order valence-electron chi connectivity index (χ2n) is 8.80. The molecule has 2 aromatic rings. The predicted molar refractivity (Wildman–Crippen MR) is 123 cm³/mol. The highest BCUT2D eigenvalue weighted by Gasteiger charge is 2.35. The van der Waals surface area contributed by atoms with Gasteiger partial charge in [0.15, 0.2) is 0 Å². The van der Waals surface area contributed by atoms with E-state index in [9.17, 15) is 13.2 Å². The molecule has 170 valence electrons. The molecule has 3 rings (SSSR count). The Balaban J connectivity index is 0.000000262. The lowest BCUT2D eigenvalue weighted by Gasteiger charge is -2.22. The van der Waals surface area contributed by atoms with Crippen LogP contribution in [0.2, 0.25) is 5.02 Å². The van der Waals surface area contributed by atoms with E-state index in [-0.39, 0.29) is 16.8 Å². The van der Waals surface area contributed by atoms with Gasteiger partial charge in [-0.05, 0) is 82.2 Å². The summed E-state index contributed by atoms with van der Waals surface area (Å²) in [5.41, 5.74) is 8.03. The Hall–Kier alpha value is -2.09. The van der Waals surface area contributed by atoms with Gasteiger partial charge in [0.05, 0.1) is 22.0 Å². The van der Waals surface area contributed by atoms with Crippen molar-refractivity contribution in [2.75, 3.05) is 5.73 Å². The number of anilines is 1. The van der Waals surface area contributed by atoms with Gasteiger partial charge in [0.25, 0.3) is 10.1 Å². The van der Waals surface area contributed by atoms with Crippen molar-refractivity contribution >= 4 is 33.4 Å². The lowest BCUT2D eigenvalue weighted by molar-refractivity contribution is -0.155. The first kappa shape index (κ1) is 25.2. The molecular formula is C23H30ClNO5S. The van der Waals surface area contributed by atoms with Gasteiger partial charge in [-0.25, -0.2) is 0 Å². The number of hydrogen-bond acceptors (Lipinski definition) is 5. The number of benzene rings is 2. The van der Waals surface area contributed by atoms with Gasteiger partial charge in [0.1, 0.15) is 5.60 Å². The molecule has 8 heteroatoms. The summed E-state index contributed by atoms with van der Waals surface area (Å²) in [5.74, 6) is 0.593. The Bertz CT molecular complexity index is 1010. The van der Waals surface area contributed by atoms with E-state index in [1.54, 1.807) is 18.2 Å². The molecule has 1 fully saturated rings. The highest BCUT2D eigenvalue weighted by molar-refractivity contribution is 7.85. The fraction of sp³-hybridized carbons (Fsp3) is 0.435. The fourth-order valence-electron chi connectivity index (χ4n) is 3.12. The smallest absolute Gasteiger partial charge is 0.306 e. The Labute approximate surface area is 189 Å². The monoisotopic (exact) mass is 467 g/mol. The van der Waals surface area contributed by atoms with E-state index in [1.807, 2.05) is 39.8 Å². The zero-order valence-electron chi connectivity index (χ0n) is 18.3. The Kier molecular flexibility index (Phi) is 8.14. The van der Waals surface area contributed by atoms with E-state index in [0.717, 1.165) is 24.0 Å². The molecule has 1 unspecified atom stereocenters. The number of carbonyl (C=O) groups is 1. The van der Waals surface area contributed by atoms with Crippen LogP contribution in [0.15, 0.2) is 47.4 Å². The average Bonchev–Trinajstić information content (AvgIpc) is 3.46. The van der Waals surface area contributed by atoms with Gasteiger partial charge in [-0.1, -0.05) is 35.4 Å². The summed E-state index contributed by atoms with van der Waals surface area (Å²) in [4.78, 5) is 12.0. The maximum atomic E-state index is 12.0. The van der Waals surface area contributed by atoms with Gasteiger partial charge < -0.3 is 10.5 Å². The molecule has 0 amide bonds. The maximum absolute atomic E-state index is 12.0. The van der Waals surface area contributed by atoms with Crippen LogP contribution in [0.25, 0.3) is 0 Å². The van der Waals surface area contributed by atoms with Crippen molar-refractivity contribution < 1.29 is 22.5 Å². The molecule has 1 aliphatic rings. The molecular weight excluding hydrogens is 438 g/mol. The molecule has 0 spiro atoms. The maximum Gasteiger partial charge on any atom is 0.306 e. The Morgan fingerprint density at radius 3 is 2.23 bits per heavy atom. The number of hydrogen-bond donors (Lipinski definition) is 2. The molecule has 0 aromatic heterocycles. The lowest BCUT2D eigenvalue weighted by Crippen LogP contribution is -2.25. The molecule has 1 aliphatic carbocycles. The second-order valence-corrected chi connectivity index (χ2v) is 10.6. The standard InChI is InChI=1S/C16H22ClNO2.C7H8O3S/c1-16(2,3)20-15(19)9-12(10-4-5-10)11-6-7-13(17)14(18)8-11;1-6-2-4-7(5-3-6)11(8,9)10/h6-8,10,12H,4-5,9,18H2,1-3H3;2-5H,1H3,(H,8,9,10). The average molecular weight is 468 g/mol. The largest absolute Gasteiger partial charge is 0.460 e. The Morgan fingerprint density at radius 1 is 1.19 bits per heavy atom.